The molecule has 354 valence electrons. The predicted molar refractivity (Wildman–Crippen MR) is 260 cm³/mol. The molecule has 0 bridgehead atoms. The van der Waals surface area contributed by atoms with E-state index in [2.05, 4.69) is 31.3 Å². The van der Waals surface area contributed by atoms with E-state index in [4.69, 9.17) is 4.74 Å². The van der Waals surface area contributed by atoms with Crippen molar-refractivity contribution in [3.05, 3.63) is 24.3 Å². The lowest BCUT2D eigenvalue weighted by molar-refractivity contribution is -0.143. The van der Waals surface area contributed by atoms with E-state index in [1.54, 1.807) is 6.08 Å². The van der Waals surface area contributed by atoms with Gasteiger partial charge in [0.25, 0.3) is 0 Å². The summed E-state index contributed by atoms with van der Waals surface area (Å²) < 4.78 is 5.45. The molecule has 1 amide bonds. The number of rotatable bonds is 49. The van der Waals surface area contributed by atoms with Crippen molar-refractivity contribution in [2.75, 3.05) is 13.2 Å². The summed E-state index contributed by atoms with van der Waals surface area (Å²) in [6.07, 6.45) is 59.0. The normalized spacial score (nSPS) is 12.8. The van der Waals surface area contributed by atoms with E-state index >= 15 is 0 Å². The van der Waals surface area contributed by atoms with E-state index in [0.29, 0.717) is 19.4 Å². The monoisotopic (exact) mass is 846 g/mol. The van der Waals surface area contributed by atoms with Crippen LogP contribution in [0.3, 0.4) is 0 Å². The molecule has 6 heteroatoms. The van der Waals surface area contributed by atoms with Gasteiger partial charge in [-0.05, 0) is 57.8 Å². The Hall–Kier alpha value is -1.66. The molecule has 0 aromatic rings. The standard InChI is InChI=1S/C54H103NO5/c1-3-5-7-9-11-13-15-17-19-20-22-24-28-32-36-40-44-48-54(59)60-49-45-41-37-33-29-25-27-31-35-39-43-47-53(58)55-51(50-56)52(57)46-42-38-34-30-26-23-21-18-16-14-12-10-8-6-4-2/h29,33,42,46,51-52,56-57H,3-28,30-32,34-41,43-45,47-50H2,1-2H3,(H,55,58)/b33-29-,46-42+. The third-order valence-corrected chi connectivity index (χ3v) is 12.2. The molecule has 2 atom stereocenters. The van der Waals surface area contributed by atoms with Gasteiger partial charge in [0, 0.05) is 12.8 Å². The first kappa shape index (κ1) is 58.3. The number of carbonyl (C=O) groups excluding carboxylic acids is 2. The molecular formula is C54H103NO5. The van der Waals surface area contributed by atoms with Gasteiger partial charge >= 0.3 is 5.97 Å². The highest BCUT2D eigenvalue weighted by atomic mass is 16.5. The Morgan fingerprint density at radius 1 is 0.450 bits per heavy atom. The van der Waals surface area contributed by atoms with E-state index in [1.807, 2.05) is 6.08 Å². The maximum atomic E-state index is 12.4. The first-order valence-electron chi connectivity index (χ1n) is 26.6. The molecule has 0 aromatic carbocycles. The Bertz CT molecular complexity index is 935. The quantitative estimate of drug-likeness (QED) is 0.0322. The second-order valence-corrected chi connectivity index (χ2v) is 18.2. The number of hydrogen-bond acceptors (Lipinski definition) is 5. The molecule has 6 nitrogen and oxygen atoms in total. The summed E-state index contributed by atoms with van der Waals surface area (Å²) in [6.45, 7) is 4.83. The maximum Gasteiger partial charge on any atom is 0.305 e. The molecule has 0 rings (SSSR count). The van der Waals surface area contributed by atoms with Gasteiger partial charge in [0.1, 0.15) is 0 Å². The van der Waals surface area contributed by atoms with Gasteiger partial charge in [-0.15, -0.1) is 0 Å². The highest BCUT2D eigenvalue weighted by Gasteiger charge is 2.18. The smallest absolute Gasteiger partial charge is 0.305 e. The third-order valence-electron chi connectivity index (χ3n) is 12.2. The lowest BCUT2D eigenvalue weighted by Crippen LogP contribution is -2.45. The summed E-state index contributed by atoms with van der Waals surface area (Å²) >= 11 is 0. The Morgan fingerprint density at radius 2 is 0.783 bits per heavy atom. The second-order valence-electron chi connectivity index (χ2n) is 18.2. The fraction of sp³-hybridized carbons (Fsp3) is 0.889. The van der Waals surface area contributed by atoms with Gasteiger partial charge in [-0.3, -0.25) is 9.59 Å². The van der Waals surface area contributed by atoms with Gasteiger partial charge in [-0.25, -0.2) is 0 Å². The number of aliphatic hydroxyl groups excluding tert-OH is 2. The first-order chi connectivity index (χ1) is 29.5. The SMILES string of the molecule is CCCCCCCCCCCCCCC/C=C/C(O)C(CO)NC(=O)CCCCCCC/C=C\CCCCOC(=O)CCCCCCCCCCCCCCCCCCC. The molecule has 0 aliphatic rings. The van der Waals surface area contributed by atoms with Gasteiger partial charge in [0.2, 0.25) is 5.91 Å². The van der Waals surface area contributed by atoms with Gasteiger partial charge in [0.15, 0.2) is 0 Å². The average Bonchev–Trinajstić information content (AvgIpc) is 3.25. The minimum atomic E-state index is -0.861. The van der Waals surface area contributed by atoms with Crippen molar-refractivity contribution in [2.24, 2.45) is 0 Å². The minimum absolute atomic E-state index is 0.0292. The number of allylic oxidation sites excluding steroid dienone is 3. The molecule has 0 saturated heterocycles. The predicted octanol–water partition coefficient (Wildman–Crippen LogP) is 15.9. The fourth-order valence-corrected chi connectivity index (χ4v) is 8.10. The topological polar surface area (TPSA) is 95.9 Å². The minimum Gasteiger partial charge on any atom is -0.466 e. The highest BCUT2D eigenvalue weighted by Crippen LogP contribution is 2.16. The van der Waals surface area contributed by atoms with Crippen LogP contribution in [0, 0.1) is 0 Å². The largest absolute Gasteiger partial charge is 0.466 e. The van der Waals surface area contributed by atoms with Crippen molar-refractivity contribution in [1.82, 2.24) is 5.32 Å². The lowest BCUT2D eigenvalue weighted by Gasteiger charge is -2.20. The molecule has 2 unspecified atom stereocenters. The van der Waals surface area contributed by atoms with Crippen LogP contribution < -0.4 is 5.32 Å². The van der Waals surface area contributed by atoms with Crippen molar-refractivity contribution in [3.63, 3.8) is 0 Å². The van der Waals surface area contributed by atoms with Crippen LogP contribution in [0.5, 0.6) is 0 Å². The van der Waals surface area contributed by atoms with Crippen LogP contribution in [0.25, 0.3) is 0 Å². The van der Waals surface area contributed by atoms with Gasteiger partial charge in [-0.2, -0.15) is 0 Å². The van der Waals surface area contributed by atoms with Gasteiger partial charge in [0.05, 0.1) is 25.4 Å². The zero-order chi connectivity index (χ0) is 43.7. The number of aliphatic hydroxyl groups is 2. The summed E-state index contributed by atoms with van der Waals surface area (Å²) in [5.41, 5.74) is 0. The Labute approximate surface area is 373 Å². The molecule has 60 heavy (non-hydrogen) atoms. The Balaban J connectivity index is 3.52. The summed E-state index contributed by atoms with van der Waals surface area (Å²) in [4.78, 5) is 24.5. The second kappa shape index (κ2) is 50.0. The van der Waals surface area contributed by atoms with Crippen LogP contribution >= 0.6 is 0 Å². The van der Waals surface area contributed by atoms with Crippen LogP contribution in [0.15, 0.2) is 24.3 Å². The molecular weight excluding hydrogens is 743 g/mol. The summed E-state index contributed by atoms with van der Waals surface area (Å²) in [7, 11) is 0. The zero-order valence-corrected chi connectivity index (χ0v) is 40.2. The van der Waals surface area contributed by atoms with Gasteiger partial charge < -0.3 is 20.3 Å². The third kappa shape index (κ3) is 45.9. The summed E-state index contributed by atoms with van der Waals surface area (Å²) in [5.74, 6) is -0.125. The Morgan fingerprint density at radius 3 is 1.18 bits per heavy atom. The Kier molecular flexibility index (Phi) is 48.6. The fourth-order valence-electron chi connectivity index (χ4n) is 8.10. The van der Waals surface area contributed by atoms with Crippen molar-refractivity contribution < 1.29 is 24.5 Å². The zero-order valence-electron chi connectivity index (χ0n) is 40.2. The summed E-state index contributed by atoms with van der Waals surface area (Å²) in [5, 5.41) is 23.0. The molecule has 3 N–H and O–H groups in total. The molecule has 0 fully saturated rings. The van der Waals surface area contributed by atoms with Crippen LogP contribution in [-0.2, 0) is 14.3 Å². The van der Waals surface area contributed by atoms with Crippen molar-refractivity contribution in [3.8, 4) is 0 Å². The maximum absolute atomic E-state index is 12.4. The van der Waals surface area contributed by atoms with Crippen LogP contribution in [0.1, 0.15) is 284 Å². The number of amides is 1. The number of hydrogen-bond donors (Lipinski definition) is 3. The van der Waals surface area contributed by atoms with Crippen LogP contribution in [0.4, 0.5) is 0 Å². The molecule has 0 aliphatic carbocycles. The number of unbranched alkanes of at least 4 members (excludes halogenated alkanes) is 36. The highest BCUT2D eigenvalue weighted by molar-refractivity contribution is 5.76. The molecule has 0 spiro atoms. The van der Waals surface area contributed by atoms with E-state index in [9.17, 15) is 19.8 Å². The van der Waals surface area contributed by atoms with E-state index in [-0.39, 0.29) is 18.5 Å². The molecule has 0 heterocycles. The molecule has 0 saturated carbocycles. The number of ether oxygens (including phenoxy) is 1. The summed E-state index contributed by atoms with van der Waals surface area (Å²) in [6, 6.07) is -0.648. The number of nitrogens with one attached hydrogen (secondary N) is 1. The van der Waals surface area contributed by atoms with Gasteiger partial charge in [-0.1, -0.05) is 237 Å². The lowest BCUT2D eigenvalue weighted by atomic mass is 10.0. The number of carbonyl (C=O) groups is 2. The molecule has 0 radical (unpaired) electrons. The average molecular weight is 846 g/mol. The van der Waals surface area contributed by atoms with E-state index in [1.165, 1.54) is 173 Å². The van der Waals surface area contributed by atoms with Crippen molar-refractivity contribution in [1.29, 1.82) is 0 Å². The van der Waals surface area contributed by atoms with E-state index in [0.717, 1.165) is 83.5 Å². The van der Waals surface area contributed by atoms with E-state index < -0.39 is 12.1 Å². The van der Waals surface area contributed by atoms with Crippen molar-refractivity contribution in [2.45, 2.75) is 296 Å². The van der Waals surface area contributed by atoms with Crippen LogP contribution in [-0.4, -0.2) is 47.4 Å². The first-order valence-corrected chi connectivity index (χ1v) is 26.6. The van der Waals surface area contributed by atoms with Crippen LogP contribution in [0.2, 0.25) is 0 Å². The molecule has 0 aliphatic heterocycles. The van der Waals surface area contributed by atoms with Crippen molar-refractivity contribution >= 4 is 11.9 Å². The number of esters is 1. The molecule has 0 aromatic heterocycles.